The van der Waals surface area contributed by atoms with Crippen molar-refractivity contribution in [2.24, 2.45) is 5.16 Å². The highest BCUT2D eigenvalue weighted by molar-refractivity contribution is 6.00. The summed E-state index contributed by atoms with van der Waals surface area (Å²) in [5.74, 6) is -0.601. The van der Waals surface area contributed by atoms with Crippen LogP contribution in [0.1, 0.15) is 25.8 Å². The molecule has 0 saturated heterocycles. The Labute approximate surface area is 111 Å². The molecule has 1 amide bonds. The number of benzene rings is 1. The molecule has 104 valence electrons. The van der Waals surface area contributed by atoms with Gasteiger partial charge in [-0.05, 0) is 25.5 Å². The van der Waals surface area contributed by atoms with Crippen molar-refractivity contribution in [3.8, 4) is 5.75 Å². The first-order valence-corrected chi connectivity index (χ1v) is 5.96. The molecule has 0 aliphatic carbocycles. The second-order valence-corrected chi connectivity index (χ2v) is 3.96. The van der Waals surface area contributed by atoms with Gasteiger partial charge >= 0.3 is 0 Å². The fourth-order valence-corrected chi connectivity index (χ4v) is 1.43. The number of oxime groups is 1. The summed E-state index contributed by atoms with van der Waals surface area (Å²) in [5.41, 5.74) is 0.719. The van der Waals surface area contributed by atoms with E-state index in [0.717, 1.165) is 12.5 Å². The van der Waals surface area contributed by atoms with Crippen LogP contribution in [0.4, 0.5) is 4.39 Å². The highest BCUT2D eigenvalue weighted by Crippen LogP contribution is 2.20. The van der Waals surface area contributed by atoms with E-state index < -0.39 is 5.82 Å². The maximum absolute atomic E-state index is 13.2. The van der Waals surface area contributed by atoms with Crippen molar-refractivity contribution < 1.29 is 19.1 Å². The molecular formula is C13H17FN2O3. The van der Waals surface area contributed by atoms with Gasteiger partial charge in [-0.1, -0.05) is 12.1 Å². The number of nitrogens with one attached hydrogen (secondary N) is 1. The molecule has 6 heteroatoms. The Morgan fingerprint density at radius 3 is 2.89 bits per heavy atom. The van der Waals surface area contributed by atoms with E-state index >= 15 is 0 Å². The van der Waals surface area contributed by atoms with Gasteiger partial charge in [0.1, 0.15) is 11.6 Å². The number of nitrogens with zero attached hydrogens (tertiary/aromatic N) is 1. The Balaban J connectivity index is 2.76. The zero-order valence-electron chi connectivity index (χ0n) is 10.9. The molecule has 1 aromatic rings. The summed E-state index contributed by atoms with van der Waals surface area (Å²) in [5, 5.41) is 14.4. The maximum Gasteiger partial charge on any atom is 0.257 e. The van der Waals surface area contributed by atoms with Gasteiger partial charge in [0.05, 0.1) is 5.71 Å². The summed E-state index contributed by atoms with van der Waals surface area (Å²) < 4.78 is 18.4. The van der Waals surface area contributed by atoms with E-state index in [1.165, 1.54) is 12.1 Å². The monoisotopic (exact) mass is 268 g/mol. The van der Waals surface area contributed by atoms with Gasteiger partial charge in [0.2, 0.25) is 0 Å². The van der Waals surface area contributed by atoms with Gasteiger partial charge in [0.25, 0.3) is 5.91 Å². The SMILES string of the molecule is CCCNC(=O)COc1cc(F)ccc1/C(C)=N/O. The molecule has 0 spiro atoms. The molecule has 0 aliphatic heterocycles. The average molecular weight is 268 g/mol. The van der Waals surface area contributed by atoms with E-state index in [4.69, 9.17) is 9.94 Å². The summed E-state index contributed by atoms with van der Waals surface area (Å²) in [6.45, 7) is 3.84. The smallest absolute Gasteiger partial charge is 0.257 e. The van der Waals surface area contributed by atoms with Crippen molar-refractivity contribution in [2.75, 3.05) is 13.2 Å². The highest BCUT2D eigenvalue weighted by atomic mass is 19.1. The predicted molar refractivity (Wildman–Crippen MR) is 69.2 cm³/mol. The Morgan fingerprint density at radius 2 is 2.26 bits per heavy atom. The van der Waals surface area contributed by atoms with Crippen molar-refractivity contribution >= 4 is 11.6 Å². The Bertz CT molecular complexity index is 475. The van der Waals surface area contributed by atoms with Crippen LogP contribution in [0, 0.1) is 5.82 Å². The standard InChI is InChI=1S/C13H17FN2O3/c1-3-6-15-13(17)8-19-12-7-10(14)4-5-11(12)9(2)16-18/h4-5,7,18H,3,6,8H2,1-2H3,(H,15,17)/b16-9+. The number of amides is 1. The lowest BCUT2D eigenvalue weighted by molar-refractivity contribution is -0.123. The summed E-state index contributed by atoms with van der Waals surface area (Å²) in [4.78, 5) is 11.4. The largest absolute Gasteiger partial charge is 0.483 e. The van der Waals surface area contributed by atoms with Crippen LogP contribution in [0.15, 0.2) is 23.4 Å². The van der Waals surface area contributed by atoms with Crippen LogP contribution >= 0.6 is 0 Å². The third-order valence-electron chi connectivity index (χ3n) is 2.41. The second kappa shape index (κ2) is 7.35. The normalized spacial score (nSPS) is 11.2. The molecule has 0 aliphatic rings. The average Bonchev–Trinajstić information content (AvgIpc) is 2.42. The Morgan fingerprint density at radius 1 is 1.53 bits per heavy atom. The molecule has 1 rings (SSSR count). The molecule has 1 aromatic carbocycles. The molecular weight excluding hydrogens is 251 g/mol. The molecule has 19 heavy (non-hydrogen) atoms. The zero-order chi connectivity index (χ0) is 14.3. The molecule has 0 atom stereocenters. The van der Waals surface area contributed by atoms with Crippen LogP contribution in [0.25, 0.3) is 0 Å². The minimum absolute atomic E-state index is 0.168. The van der Waals surface area contributed by atoms with Gasteiger partial charge in [-0.25, -0.2) is 4.39 Å². The van der Waals surface area contributed by atoms with Gasteiger partial charge in [0, 0.05) is 18.2 Å². The van der Waals surface area contributed by atoms with Crippen LogP contribution in [-0.2, 0) is 4.79 Å². The number of hydrogen-bond acceptors (Lipinski definition) is 4. The number of rotatable bonds is 6. The number of hydrogen-bond donors (Lipinski definition) is 2. The highest BCUT2D eigenvalue weighted by Gasteiger charge is 2.10. The van der Waals surface area contributed by atoms with E-state index in [0.29, 0.717) is 12.1 Å². The summed E-state index contributed by atoms with van der Waals surface area (Å²) in [6, 6.07) is 3.81. The van der Waals surface area contributed by atoms with Crippen molar-refractivity contribution in [2.45, 2.75) is 20.3 Å². The zero-order valence-corrected chi connectivity index (χ0v) is 10.9. The van der Waals surface area contributed by atoms with Crippen molar-refractivity contribution in [3.05, 3.63) is 29.6 Å². The number of ether oxygens (including phenoxy) is 1. The van der Waals surface area contributed by atoms with E-state index in [1.807, 2.05) is 6.92 Å². The molecule has 5 nitrogen and oxygen atoms in total. The first kappa shape index (κ1) is 14.9. The fourth-order valence-electron chi connectivity index (χ4n) is 1.43. The Kier molecular flexibility index (Phi) is 5.78. The van der Waals surface area contributed by atoms with E-state index in [2.05, 4.69) is 10.5 Å². The lowest BCUT2D eigenvalue weighted by atomic mass is 10.1. The minimum atomic E-state index is -0.488. The first-order valence-electron chi connectivity index (χ1n) is 5.96. The molecule has 0 radical (unpaired) electrons. The van der Waals surface area contributed by atoms with Gasteiger partial charge in [-0.15, -0.1) is 0 Å². The molecule has 0 saturated carbocycles. The maximum atomic E-state index is 13.2. The van der Waals surface area contributed by atoms with Gasteiger partial charge in [-0.3, -0.25) is 4.79 Å². The molecule has 0 heterocycles. The topological polar surface area (TPSA) is 70.9 Å². The number of carbonyl (C=O) groups is 1. The minimum Gasteiger partial charge on any atom is -0.483 e. The Hall–Kier alpha value is -2.11. The van der Waals surface area contributed by atoms with Crippen molar-refractivity contribution in [1.29, 1.82) is 0 Å². The van der Waals surface area contributed by atoms with Crippen molar-refractivity contribution in [1.82, 2.24) is 5.32 Å². The molecule has 2 N–H and O–H groups in total. The first-order chi connectivity index (χ1) is 9.08. The molecule has 0 fully saturated rings. The van der Waals surface area contributed by atoms with Crippen LogP contribution in [0.2, 0.25) is 0 Å². The van der Waals surface area contributed by atoms with Crippen molar-refractivity contribution in [3.63, 3.8) is 0 Å². The van der Waals surface area contributed by atoms with E-state index in [1.54, 1.807) is 6.92 Å². The molecule has 0 aromatic heterocycles. The van der Waals surface area contributed by atoms with Crippen LogP contribution < -0.4 is 10.1 Å². The summed E-state index contributed by atoms with van der Waals surface area (Å²) >= 11 is 0. The fraction of sp³-hybridized carbons (Fsp3) is 0.385. The quantitative estimate of drug-likeness (QED) is 0.470. The van der Waals surface area contributed by atoms with Gasteiger partial charge < -0.3 is 15.3 Å². The van der Waals surface area contributed by atoms with Gasteiger partial charge in [0.15, 0.2) is 6.61 Å². The third kappa shape index (κ3) is 4.57. The van der Waals surface area contributed by atoms with Crippen LogP contribution in [-0.4, -0.2) is 30.0 Å². The lowest BCUT2D eigenvalue weighted by Gasteiger charge is -2.11. The second-order valence-electron chi connectivity index (χ2n) is 3.96. The predicted octanol–water partition coefficient (Wildman–Crippen LogP) is 1.93. The third-order valence-corrected chi connectivity index (χ3v) is 2.41. The summed E-state index contributed by atoms with van der Waals surface area (Å²) in [7, 11) is 0. The molecule has 0 bridgehead atoms. The van der Waals surface area contributed by atoms with Crippen LogP contribution in [0.3, 0.4) is 0 Å². The molecule has 0 unspecified atom stereocenters. The van der Waals surface area contributed by atoms with E-state index in [-0.39, 0.29) is 24.0 Å². The lowest BCUT2D eigenvalue weighted by Crippen LogP contribution is -2.29. The number of carbonyl (C=O) groups excluding carboxylic acids is 1. The van der Waals surface area contributed by atoms with E-state index in [9.17, 15) is 9.18 Å². The van der Waals surface area contributed by atoms with Gasteiger partial charge in [-0.2, -0.15) is 0 Å². The number of halogens is 1. The summed E-state index contributed by atoms with van der Waals surface area (Å²) in [6.07, 6.45) is 0.827. The van der Waals surface area contributed by atoms with Crippen LogP contribution in [0.5, 0.6) is 5.75 Å².